The zero-order valence-corrected chi connectivity index (χ0v) is 28.7. The highest BCUT2D eigenvalue weighted by Crippen LogP contribution is 2.62. The summed E-state index contributed by atoms with van der Waals surface area (Å²) in [5.74, 6) is 2.79. The number of aliphatic hydroxyl groups is 1. The monoisotopic (exact) mass is 630 g/mol. The van der Waals surface area contributed by atoms with Crippen LogP contribution in [0.4, 0.5) is 0 Å². The zero-order chi connectivity index (χ0) is 31.0. The average Bonchev–Trinajstić information content (AvgIpc) is 2.96. The molecule has 0 aromatic rings. The molecule has 1 N–H and O–H groups in total. The fraction of sp³-hybridized carbons (Fsp3) is 1.00. The van der Waals surface area contributed by atoms with Gasteiger partial charge >= 0.3 is 0 Å². The van der Waals surface area contributed by atoms with Crippen LogP contribution in [0, 0.1) is 39.9 Å². The van der Waals surface area contributed by atoms with Crippen LogP contribution in [0.1, 0.15) is 117 Å². The Balaban J connectivity index is 0.926. The molecule has 8 aliphatic carbocycles. The first kappa shape index (κ1) is 32.0. The molecule has 0 aromatic heterocycles. The van der Waals surface area contributed by atoms with Crippen LogP contribution >= 0.6 is 0 Å². The highest BCUT2D eigenvalue weighted by molar-refractivity contribution is 5.13. The van der Waals surface area contributed by atoms with Gasteiger partial charge in [0.25, 0.3) is 0 Å². The van der Waals surface area contributed by atoms with E-state index >= 15 is 0 Å². The van der Waals surface area contributed by atoms with E-state index in [0.717, 1.165) is 97.4 Å². The SMILES string of the molecule is CCC1(COC23CC4CC(C2)CC(OCC(CC)(CO)COC25CC6CC(CC(OCC7(CC)COC7)(C6)C2)C5)(C4)C3)COC1. The van der Waals surface area contributed by atoms with Gasteiger partial charge < -0.3 is 33.5 Å². The fourth-order valence-electron chi connectivity index (χ4n) is 12.1. The highest BCUT2D eigenvalue weighted by atomic mass is 16.5. The lowest BCUT2D eigenvalue weighted by molar-refractivity contribution is -0.275. The van der Waals surface area contributed by atoms with Gasteiger partial charge in [-0.2, -0.15) is 0 Å². The predicted octanol–water partition coefficient (Wildman–Crippen LogP) is 6.48. The lowest BCUT2D eigenvalue weighted by Crippen LogP contribution is -2.63. The topological polar surface area (TPSA) is 75.6 Å². The number of rotatable bonds is 16. The van der Waals surface area contributed by atoms with Crippen LogP contribution in [0.2, 0.25) is 0 Å². The smallest absolute Gasteiger partial charge is 0.0715 e. The van der Waals surface area contributed by atoms with Gasteiger partial charge in [0.2, 0.25) is 0 Å². The summed E-state index contributed by atoms with van der Waals surface area (Å²) in [6.07, 6.45) is 17.2. The molecule has 0 aromatic carbocycles. The third-order valence-electron chi connectivity index (χ3n) is 14.9. The van der Waals surface area contributed by atoms with Crippen molar-refractivity contribution in [3.63, 3.8) is 0 Å². The van der Waals surface area contributed by atoms with Crippen molar-refractivity contribution in [3.8, 4) is 0 Å². The van der Waals surface area contributed by atoms with Gasteiger partial charge in [-0.05, 0) is 107 Å². The average molecular weight is 631 g/mol. The van der Waals surface area contributed by atoms with E-state index in [1.54, 1.807) is 0 Å². The quantitative estimate of drug-likeness (QED) is 0.209. The molecule has 8 saturated carbocycles. The fourth-order valence-corrected chi connectivity index (χ4v) is 12.1. The van der Waals surface area contributed by atoms with E-state index in [2.05, 4.69) is 20.8 Å². The van der Waals surface area contributed by atoms with E-state index in [0.29, 0.717) is 36.9 Å². The zero-order valence-electron chi connectivity index (χ0n) is 28.7. The van der Waals surface area contributed by atoms with Gasteiger partial charge in [0, 0.05) is 29.1 Å². The molecule has 2 aliphatic heterocycles. The van der Waals surface area contributed by atoms with Crippen LogP contribution in [0.3, 0.4) is 0 Å². The maximum Gasteiger partial charge on any atom is 0.0715 e. The number of hydrogen-bond donors (Lipinski definition) is 1. The van der Waals surface area contributed by atoms with E-state index in [-0.39, 0.29) is 45.3 Å². The summed E-state index contributed by atoms with van der Waals surface area (Å²) in [5, 5.41) is 10.9. The van der Waals surface area contributed by atoms with Crippen LogP contribution in [-0.2, 0) is 28.4 Å². The maximum absolute atomic E-state index is 10.9. The molecule has 10 rings (SSSR count). The molecule has 4 unspecified atom stereocenters. The summed E-state index contributed by atoms with van der Waals surface area (Å²) in [6.45, 7) is 13.0. The number of hydrogen-bond acceptors (Lipinski definition) is 7. The molecule has 4 atom stereocenters. The first-order chi connectivity index (χ1) is 21.6. The lowest BCUT2D eigenvalue weighted by atomic mass is 9.52. The molecule has 7 heteroatoms. The van der Waals surface area contributed by atoms with E-state index in [1.165, 1.54) is 38.5 Å². The van der Waals surface area contributed by atoms with E-state index < -0.39 is 0 Å². The molecule has 256 valence electrons. The summed E-state index contributed by atoms with van der Waals surface area (Å²) in [4.78, 5) is 0. The Bertz CT molecular complexity index is 957. The van der Waals surface area contributed by atoms with Crippen LogP contribution in [-0.4, -0.2) is 87.0 Å². The van der Waals surface area contributed by atoms with Crippen molar-refractivity contribution >= 4 is 0 Å². The van der Waals surface area contributed by atoms with Crippen LogP contribution in [0.15, 0.2) is 0 Å². The van der Waals surface area contributed by atoms with Crippen molar-refractivity contribution in [2.45, 2.75) is 139 Å². The molecule has 0 radical (unpaired) electrons. The van der Waals surface area contributed by atoms with Gasteiger partial charge in [-0.15, -0.1) is 0 Å². The second-order valence-corrected chi connectivity index (χ2v) is 18.5. The van der Waals surface area contributed by atoms with Gasteiger partial charge in [-0.1, -0.05) is 20.8 Å². The lowest BCUT2D eigenvalue weighted by Gasteiger charge is -2.62. The molecule has 0 amide bonds. The molecule has 45 heavy (non-hydrogen) atoms. The summed E-state index contributed by atoms with van der Waals surface area (Å²) < 4.78 is 39.4. The number of ether oxygens (including phenoxy) is 6. The van der Waals surface area contributed by atoms with Crippen molar-refractivity contribution in [1.29, 1.82) is 0 Å². The highest BCUT2D eigenvalue weighted by Gasteiger charge is 2.62. The Hall–Kier alpha value is -0.280. The van der Waals surface area contributed by atoms with Gasteiger partial charge in [0.1, 0.15) is 0 Å². The van der Waals surface area contributed by atoms with E-state index in [9.17, 15) is 5.11 Å². The maximum atomic E-state index is 10.9. The third-order valence-corrected chi connectivity index (χ3v) is 14.9. The van der Waals surface area contributed by atoms with Crippen molar-refractivity contribution in [2.75, 3.05) is 59.5 Å². The van der Waals surface area contributed by atoms with Crippen molar-refractivity contribution in [2.24, 2.45) is 39.9 Å². The Morgan fingerprint density at radius 1 is 0.578 bits per heavy atom. The largest absolute Gasteiger partial charge is 0.396 e. The van der Waals surface area contributed by atoms with Crippen LogP contribution in [0.5, 0.6) is 0 Å². The van der Waals surface area contributed by atoms with Gasteiger partial charge in [-0.25, -0.2) is 0 Å². The molecule has 10 aliphatic rings. The van der Waals surface area contributed by atoms with Crippen LogP contribution in [0.25, 0.3) is 0 Å². The van der Waals surface area contributed by atoms with E-state index in [1.807, 2.05) is 0 Å². The van der Waals surface area contributed by atoms with Gasteiger partial charge in [0.15, 0.2) is 0 Å². The van der Waals surface area contributed by atoms with Gasteiger partial charge in [0.05, 0.1) is 81.9 Å². The second-order valence-electron chi connectivity index (χ2n) is 18.5. The van der Waals surface area contributed by atoms with Crippen molar-refractivity contribution in [1.82, 2.24) is 0 Å². The summed E-state index contributed by atoms with van der Waals surface area (Å²) in [5.41, 5.74) is -0.258. The molecule has 7 nitrogen and oxygen atoms in total. The second kappa shape index (κ2) is 11.4. The Kier molecular flexibility index (Phi) is 8.08. The standard InChI is InChI=1S/C38H62O7/c1-4-32(19-39,24-42-35-9-28-7-29(10-35)14-37(13-28,17-35)44-26-33(5-2)20-40-21-33)25-43-36-11-30-8-31(12-36)16-38(15-30,18-36)45-27-34(6-3)22-41-23-34/h28-31,39H,4-27H2,1-3H3. The predicted molar refractivity (Wildman–Crippen MR) is 171 cm³/mol. The molecule has 10 fully saturated rings. The summed E-state index contributed by atoms with van der Waals surface area (Å²) in [6, 6.07) is 0. The Morgan fingerprint density at radius 2 is 0.933 bits per heavy atom. The summed E-state index contributed by atoms with van der Waals surface area (Å²) in [7, 11) is 0. The number of aliphatic hydroxyl groups excluding tert-OH is 1. The normalized spacial score (nSPS) is 46.1. The first-order valence-corrected chi connectivity index (χ1v) is 18.9. The first-order valence-electron chi connectivity index (χ1n) is 18.9. The minimum Gasteiger partial charge on any atom is -0.396 e. The molecule has 2 saturated heterocycles. The van der Waals surface area contributed by atoms with Gasteiger partial charge in [-0.3, -0.25) is 0 Å². The van der Waals surface area contributed by atoms with Crippen molar-refractivity contribution < 1.29 is 33.5 Å². The van der Waals surface area contributed by atoms with Crippen molar-refractivity contribution in [3.05, 3.63) is 0 Å². The molecular formula is C38H62O7. The summed E-state index contributed by atoms with van der Waals surface area (Å²) >= 11 is 0. The molecule has 8 bridgehead atoms. The molecule has 2 heterocycles. The van der Waals surface area contributed by atoms with Crippen LogP contribution < -0.4 is 0 Å². The minimum atomic E-state index is -0.375. The third kappa shape index (κ3) is 5.68. The Morgan fingerprint density at radius 3 is 1.20 bits per heavy atom. The van der Waals surface area contributed by atoms with E-state index in [4.69, 9.17) is 28.4 Å². The Labute approximate surface area is 272 Å². The molecular weight excluding hydrogens is 568 g/mol. The minimum absolute atomic E-state index is 0.0398. The molecule has 0 spiro atoms.